The molecule has 0 fully saturated rings. The summed E-state index contributed by atoms with van der Waals surface area (Å²) in [6.07, 6.45) is 0.978. The van der Waals surface area contributed by atoms with Crippen molar-refractivity contribution in [2.75, 3.05) is 6.54 Å². The van der Waals surface area contributed by atoms with E-state index in [4.69, 9.17) is 0 Å². The highest BCUT2D eigenvalue weighted by molar-refractivity contribution is 5.43. The molecule has 2 nitrogen and oxygen atoms in total. The van der Waals surface area contributed by atoms with Gasteiger partial charge in [-0.3, -0.25) is 0 Å². The first kappa shape index (κ1) is 14.6. The number of hydrogen-bond acceptors (Lipinski definition) is 2. The van der Waals surface area contributed by atoms with Crippen LogP contribution in [0.3, 0.4) is 0 Å². The molecule has 1 aliphatic rings. The molecule has 1 unspecified atom stereocenters. The maximum absolute atomic E-state index is 9.56. The fourth-order valence-corrected chi connectivity index (χ4v) is 2.61. The van der Waals surface area contributed by atoms with E-state index in [0.29, 0.717) is 5.75 Å². The normalized spacial score (nSPS) is 16.9. The molecule has 2 N–H and O–H groups in total. The van der Waals surface area contributed by atoms with Crippen molar-refractivity contribution < 1.29 is 5.11 Å². The second-order valence-electron chi connectivity index (χ2n) is 4.93. The minimum atomic E-state index is 0.245. The molecule has 1 atom stereocenters. The van der Waals surface area contributed by atoms with Gasteiger partial charge in [-0.2, -0.15) is 0 Å². The Morgan fingerprint density at radius 2 is 1.75 bits per heavy atom. The largest absolute Gasteiger partial charge is 0.508 e. The summed E-state index contributed by atoms with van der Waals surface area (Å²) >= 11 is 0. The van der Waals surface area contributed by atoms with Crippen molar-refractivity contribution in [3.8, 4) is 5.75 Å². The van der Waals surface area contributed by atoms with Gasteiger partial charge >= 0.3 is 0 Å². The molecule has 0 amide bonds. The highest BCUT2D eigenvalue weighted by Crippen LogP contribution is 2.30. The first-order chi connectivity index (χ1) is 9.74. The van der Waals surface area contributed by atoms with Crippen LogP contribution >= 0.6 is 0 Å². The van der Waals surface area contributed by atoms with Crippen LogP contribution in [0.5, 0.6) is 5.75 Å². The fourth-order valence-electron chi connectivity index (χ4n) is 2.61. The molecule has 1 heterocycles. The van der Waals surface area contributed by atoms with Crippen molar-refractivity contribution in [2.45, 2.75) is 33.2 Å². The van der Waals surface area contributed by atoms with Crippen LogP contribution in [0.1, 0.15) is 42.1 Å². The summed E-state index contributed by atoms with van der Waals surface area (Å²) in [6.45, 7) is 7.05. The zero-order valence-corrected chi connectivity index (χ0v) is 12.5. The molecule has 2 aromatic carbocycles. The third kappa shape index (κ3) is 3.02. The van der Waals surface area contributed by atoms with Crippen LogP contribution in [-0.4, -0.2) is 11.7 Å². The second-order valence-corrected chi connectivity index (χ2v) is 4.93. The van der Waals surface area contributed by atoms with E-state index >= 15 is 0 Å². The number of nitrogens with one attached hydrogen (secondary N) is 1. The molecule has 3 rings (SSSR count). The summed E-state index contributed by atoms with van der Waals surface area (Å²) in [5.41, 5.74) is 5.09. The molecule has 20 heavy (non-hydrogen) atoms. The summed E-state index contributed by atoms with van der Waals surface area (Å²) in [5, 5.41) is 13.1. The summed E-state index contributed by atoms with van der Waals surface area (Å²) in [4.78, 5) is 0. The molecule has 2 heteroatoms. The highest BCUT2D eigenvalue weighted by atomic mass is 16.3. The Kier molecular flexibility index (Phi) is 4.80. The molecular formula is C18H23NO. The standard InChI is InChI=1S/C16H17NO.C2H6/c1-11-2-4-12(5-3-11)16-15-7-6-14(18)10-13(15)8-9-17-16;1-2/h2-7,10,16-18H,8-9H2,1H3;1-2H3. The molecule has 1 aliphatic heterocycles. The number of aryl methyl sites for hydroxylation is 1. The maximum atomic E-state index is 9.56. The van der Waals surface area contributed by atoms with E-state index in [2.05, 4.69) is 36.5 Å². The van der Waals surface area contributed by atoms with E-state index in [1.54, 1.807) is 6.07 Å². The lowest BCUT2D eigenvalue weighted by atomic mass is 9.89. The van der Waals surface area contributed by atoms with Crippen LogP contribution in [0.4, 0.5) is 0 Å². The predicted molar refractivity (Wildman–Crippen MR) is 84.2 cm³/mol. The molecule has 0 spiro atoms. The van der Waals surface area contributed by atoms with Gasteiger partial charge in [0, 0.05) is 6.54 Å². The maximum Gasteiger partial charge on any atom is 0.115 e. The van der Waals surface area contributed by atoms with Gasteiger partial charge in [-0.1, -0.05) is 49.7 Å². The van der Waals surface area contributed by atoms with Crippen LogP contribution in [0.15, 0.2) is 42.5 Å². The van der Waals surface area contributed by atoms with E-state index in [0.717, 1.165) is 13.0 Å². The summed E-state index contributed by atoms with van der Waals surface area (Å²) < 4.78 is 0. The van der Waals surface area contributed by atoms with E-state index in [1.165, 1.54) is 22.3 Å². The Morgan fingerprint density at radius 1 is 1.05 bits per heavy atom. The third-order valence-electron chi connectivity index (χ3n) is 3.59. The molecule has 2 aromatic rings. The SMILES string of the molecule is CC.Cc1ccc(C2NCCc3cc(O)ccc32)cc1. The van der Waals surface area contributed by atoms with E-state index in [-0.39, 0.29) is 6.04 Å². The van der Waals surface area contributed by atoms with E-state index < -0.39 is 0 Å². The minimum absolute atomic E-state index is 0.245. The molecule has 0 radical (unpaired) electrons. The first-order valence-corrected chi connectivity index (χ1v) is 7.36. The van der Waals surface area contributed by atoms with Crippen molar-refractivity contribution in [1.82, 2.24) is 5.32 Å². The Morgan fingerprint density at radius 3 is 2.45 bits per heavy atom. The lowest BCUT2D eigenvalue weighted by molar-refractivity contribution is 0.471. The predicted octanol–water partition coefficient (Wildman–Crippen LogP) is 3.96. The smallest absolute Gasteiger partial charge is 0.115 e. The van der Waals surface area contributed by atoms with Gasteiger partial charge in [0.2, 0.25) is 0 Å². The molecule has 0 saturated carbocycles. The summed E-state index contributed by atoms with van der Waals surface area (Å²) in [6, 6.07) is 14.6. The number of benzene rings is 2. The Bertz CT molecular complexity index is 560. The minimum Gasteiger partial charge on any atom is -0.508 e. The fraction of sp³-hybridized carbons (Fsp3) is 0.333. The van der Waals surface area contributed by atoms with E-state index in [1.807, 2.05) is 26.0 Å². The number of aromatic hydroxyl groups is 1. The summed E-state index contributed by atoms with van der Waals surface area (Å²) in [7, 11) is 0. The van der Waals surface area contributed by atoms with Crippen molar-refractivity contribution in [2.24, 2.45) is 0 Å². The van der Waals surface area contributed by atoms with Crippen molar-refractivity contribution >= 4 is 0 Å². The number of phenolic OH excluding ortho intramolecular Hbond substituents is 1. The lowest BCUT2D eigenvalue weighted by Gasteiger charge is -2.27. The monoisotopic (exact) mass is 269 g/mol. The number of phenols is 1. The molecular weight excluding hydrogens is 246 g/mol. The summed E-state index contributed by atoms with van der Waals surface area (Å²) in [5.74, 6) is 0.360. The van der Waals surface area contributed by atoms with Crippen molar-refractivity contribution in [1.29, 1.82) is 0 Å². The molecule has 0 bridgehead atoms. The number of hydrogen-bond donors (Lipinski definition) is 2. The topological polar surface area (TPSA) is 32.3 Å². The zero-order chi connectivity index (χ0) is 14.5. The Hall–Kier alpha value is -1.80. The second kappa shape index (κ2) is 6.58. The Labute approximate surface area is 121 Å². The van der Waals surface area contributed by atoms with Crippen LogP contribution in [-0.2, 0) is 6.42 Å². The van der Waals surface area contributed by atoms with Gasteiger partial charge in [0.15, 0.2) is 0 Å². The van der Waals surface area contributed by atoms with Gasteiger partial charge in [0.05, 0.1) is 6.04 Å². The van der Waals surface area contributed by atoms with Gasteiger partial charge in [0.1, 0.15) is 5.75 Å². The first-order valence-electron chi connectivity index (χ1n) is 7.36. The zero-order valence-electron chi connectivity index (χ0n) is 12.5. The lowest BCUT2D eigenvalue weighted by Crippen LogP contribution is -2.30. The van der Waals surface area contributed by atoms with Crippen LogP contribution < -0.4 is 5.32 Å². The van der Waals surface area contributed by atoms with Crippen LogP contribution in [0.2, 0.25) is 0 Å². The van der Waals surface area contributed by atoms with Gasteiger partial charge in [-0.15, -0.1) is 0 Å². The number of rotatable bonds is 1. The number of fused-ring (bicyclic) bond motifs is 1. The van der Waals surface area contributed by atoms with Gasteiger partial charge in [-0.25, -0.2) is 0 Å². The quantitative estimate of drug-likeness (QED) is 0.821. The van der Waals surface area contributed by atoms with Crippen molar-refractivity contribution in [3.05, 3.63) is 64.7 Å². The molecule has 0 saturated heterocycles. The average Bonchev–Trinajstić information content (AvgIpc) is 2.49. The van der Waals surface area contributed by atoms with Gasteiger partial charge < -0.3 is 10.4 Å². The van der Waals surface area contributed by atoms with E-state index in [9.17, 15) is 5.11 Å². The Balaban J connectivity index is 0.000000704. The van der Waals surface area contributed by atoms with Crippen molar-refractivity contribution in [3.63, 3.8) is 0 Å². The molecule has 0 aliphatic carbocycles. The molecule has 106 valence electrons. The third-order valence-corrected chi connectivity index (χ3v) is 3.59. The van der Waals surface area contributed by atoms with Crippen LogP contribution in [0.25, 0.3) is 0 Å². The molecule has 0 aromatic heterocycles. The highest BCUT2D eigenvalue weighted by Gasteiger charge is 2.21. The average molecular weight is 269 g/mol. The van der Waals surface area contributed by atoms with Crippen LogP contribution in [0, 0.1) is 6.92 Å². The van der Waals surface area contributed by atoms with Gasteiger partial charge in [0.25, 0.3) is 0 Å². The van der Waals surface area contributed by atoms with Gasteiger partial charge in [-0.05, 0) is 42.2 Å².